The second kappa shape index (κ2) is 9.35. The molecule has 0 unspecified atom stereocenters. The number of anilines is 1. The van der Waals surface area contributed by atoms with Crippen molar-refractivity contribution < 1.29 is 13.2 Å². The van der Waals surface area contributed by atoms with Gasteiger partial charge < -0.3 is 4.90 Å². The summed E-state index contributed by atoms with van der Waals surface area (Å²) in [6.07, 6.45) is -0.0840. The van der Waals surface area contributed by atoms with Gasteiger partial charge in [-0.05, 0) is 36.0 Å². The monoisotopic (exact) mass is 482 g/mol. The first-order chi connectivity index (χ1) is 15.3. The van der Waals surface area contributed by atoms with Crippen LogP contribution in [0.4, 0.5) is 19.1 Å². The van der Waals surface area contributed by atoms with E-state index in [1.807, 2.05) is 9.80 Å². The van der Waals surface area contributed by atoms with Crippen LogP contribution in [0.25, 0.3) is 0 Å². The Hall–Kier alpha value is -2.83. The molecule has 0 saturated carbocycles. The first-order valence-corrected chi connectivity index (χ1v) is 10.4. The van der Waals surface area contributed by atoms with Crippen LogP contribution in [0.3, 0.4) is 0 Å². The molecule has 3 aromatic rings. The lowest BCUT2D eigenvalue weighted by Gasteiger charge is -2.34. The van der Waals surface area contributed by atoms with E-state index in [-0.39, 0.29) is 11.4 Å². The predicted molar refractivity (Wildman–Crippen MR) is 116 cm³/mol. The molecular formula is C19H18ClF3N8S. The molecule has 0 bridgehead atoms. The van der Waals surface area contributed by atoms with Crippen molar-refractivity contribution in [2.75, 3.05) is 31.1 Å². The van der Waals surface area contributed by atoms with Gasteiger partial charge in [0.15, 0.2) is 0 Å². The van der Waals surface area contributed by atoms with E-state index < -0.39 is 12.0 Å². The highest BCUT2D eigenvalue weighted by atomic mass is 35.5. The van der Waals surface area contributed by atoms with E-state index >= 15 is 0 Å². The molecule has 0 radical (unpaired) electrons. The number of alkyl halides is 3. The molecule has 0 amide bonds. The molecule has 0 spiro atoms. The molecule has 0 aliphatic carbocycles. The van der Waals surface area contributed by atoms with Crippen LogP contribution in [0.15, 0.2) is 47.8 Å². The zero-order chi connectivity index (χ0) is 22.7. The molecule has 4 rings (SSSR count). The maximum Gasteiger partial charge on any atom is 0.453 e. The highest BCUT2D eigenvalue weighted by Gasteiger charge is 2.39. The second-order valence-corrected chi connectivity index (χ2v) is 7.81. The van der Waals surface area contributed by atoms with Gasteiger partial charge in [0.2, 0.25) is 10.7 Å². The van der Waals surface area contributed by atoms with Gasteiger partial charge in [0.25, 0.3) is 5.82 Å². The van der Waals surface area contributed by atoms with Crippen molar-refractivity contribution in [1.82, 2.24) is 29.3 Å². The van der Waals surface area contributed by atoms with Crippen molar-refractivity contribution in [3.63, 3.8) is 0 Å². The summed E-state index contributed by atoms with van der Waals surface area (Å²) in [6, 6.07) is 8.27. The van der Waals surface area contributed by atoms with E-state index in [0.717, 1.165) is 4.68 Å². The van der Waals surface area contributed by atoms with Crippen LogP contribution in [-0.4, -0.2) is 61.7 Å². The van der Waals surface area contributed by atoms with Crippen LogP contribution >= 0.6 is 23.8 Å². The molecule has 1 aliphatic rings. The van der Waals surface area contributed by atoms with Crippen LogP contribution in [0.5, 0.6) is 0 Å². The number of halogens is 4. The summed E-state index contributed by atoms with van der Waals surface area (Å²) < 4.78 is 42.3. The SMILES string of the molecule is FC(F)(F)c1nn(CN2CCN(c3ncccn3)CC2)c(=S)n1/N=C/c1ccc(Cl)cc1. The third-order valence-corrected chi connectivity index (χ3v) is 5.44. The molecule has 0 N–H and O–H groups in total. The van der Waals surface area contributed by atoms with Gasteiger partial charge in [-0.2, -0.15) is 22.9 Å². The largest absolute Gasteiger partial charge is 0.453 e. The Labute approximate surface area is 191 Å². The van der Waals surface area contributed by atoms with Gasteiger partial charge in [-0.25, -0.2) is 14.6 Å². The summed E-state index contributed by atoms with van der Waals surface area (Å²) in [4.78, 5) is 12.4. The average molecular weight is 483 g/mol. The minimum atomic E-state index is -4.71. The number of hydrogen-bond acceptors (Lipinski definition) is 7. The molecule has 1 aromatic carbocycles. The molecule has 8 nitrogen and oxygen atoms in total. The van der Waals surface area contributed by atoms with Crippen molar-refractivity contribution in [2.45, 2.75) is 12.8 Å². The number of aromatic nitrogens is 5. The minimum absolute atomic E-state index is 0.120. The van der Waals surface area contributed by atoms with Gasteiger partial charge in [0.05, 0.1) is 12.9 Å². The Bertz CT molecular complexity index is 1140. The smallest absolute Gasteiger partial charge is 0.338 e. The number of piperazine rings is 1. The molecule has 13 heteroatoms. The molecular weight excluding hydrogens is 465 g/mol. The number of rotatable bonds is 5. The highest BCUT2D eigenvalue weighted by molar-refractivity contribution is 7.71. The first kappa shape index (κ1) is 22.4. The summed E-state index contributed by atoms with van der Waals surface area (Å²) in [5.41, 5.74) is 0.580. The van der Waals surface area contributed by atoms with Gasteiger partial charge >= 0.3 is 6.18 Å². The number of benzene rings is 1. The summed E-state index contributed by atoms with van der Waals surface area (Å²) in [5, 5.41) is 8.16. The molecule has 32 heavy (non-hydrogen) atoms. The minimum Gasteiger partial charge on any atom is -0.338 e. The molecule has 3 heterocycles. The molecule has 2 aromatic heterocycles. The number of nitrogens with zero attached hydrogens (tertiary/aromatic N) is 8. The van der Waals surface area contributed by atoms with E-state index in [4.69, 9.17) is 23.8 Å². The van der Waals surface area contributed by atoms with Crippen LogP contribution in [0.1, 0.15) is 11.4 Å². The van der Waals surface area contributed by atoms with Gasteiger partial charge in [0.1, 0.15) is 0 Å². The highest BCUT2D eigenvalue weighted by Crippen LogP contribution is 2.28. The zero-order valence-electron chi connectivity index (χ0n) is 16.7. The lowest BCUT2D eigenvalue weighted by Crippen LogP contribution is -2.47. The Kier molecular flexibility index (Phi) is 6.53. The summed E-state index contributed by atoms with van der Waals surface area (Å²) in [7, 11) is 0. The van der Waals surface area contributed by atoms with Crippen molar-refractivity contribution >= 4 is 36.0 Å². The maximum absolute atomic E-state index is 13.6. The van der Waals surface area contributed by atoms with Crippen LogP contribution in [-0.2, 0) is 12.8 Å². The normalized spacial score (nSPS) is 15.6. The molecule has 1 aliphatic heterocycles. The zero-order valence-corrected chi connectivity index (χ0v) is 18.2. The third kappa shape index (κ3) is 5.14. The van der Waals surface area contributed by atoms with E-state index in [1.54, 1.807) is 42.7 Å². The van der Waals surface area contributed by atoms with Crippen LogP contribution < -0.4 is 4.90 Å². The van der Waals surface area contributed by atoms with E-state index in [9.17, 15) is 13.2 Å². The van der Waals surface area contributed by atoms with Crippen molar-refractivity contribution in [3.05, 3.63) is 63.9 Å². The molecule has 0 atom stereocenters. The van der Waals surface area contributed by atoms with E-state index in [1.165, 1.54) is 6.21 Å². The topological polar surface area (TPSA) is 67.4 Å². The molecule has 1 saturated heterocycles. The third-order valence-electron chi connectivity index (χ3n) is 4.81. The van der Waals surface area contributed by atoms with Crippen molar-refractivity contribution in [2.24, 2.45) is 5.10 Å². The van der Waals surface area contributed by atoms with Gasteiger partial charge in [-0.1, -0.05) is 23.7 Å². The Morgan fingerprint density at radius 2 is 1.72 bits per heavy atom. The average Bonchev–Trinajstić information content (AvgIpc) is 3.10. The fourth-order valence-corrected chi connectivity index (χ4v) is 3.54. The first-order valence-electron chi connectivity index (χ1n) is 9.62. The van der Waals surface area contributed by atoms with E-state index in [2.05, 4.69) is 20.2 Å². The standard InChI is InChI=1S/C19H18ClF3N8S/c20-15-4-2-14(3-5-15)12-26-31-16(19(21,22)23)27-30(18(31)32)13-28-8-10-29(11-9-28)17-24-6-1-7-25-17/h1-7,12H,8-11,13H2/b26-12+. The quantitative estimate of drug-likeness (QED) is 0.409. The fourth-order valence-electron chi connectivity index (χ4n) is 3.18. The molecule has 168 valence electrons. The van der Waals surface area contributed by atoms with Crippen LogP contribution in [0.2, 0.25) is 5.02 Å². The van der Waals surface area contributed by atoms with Gasteiger partial charge in [-0.15, -0.1) is 5.10 Å². The summed E-state index contributed by atoms with van der Waals surface area (Å²) >= 11 is 11.1. The Balaban J connectivity index is 1.51. The Morgan fingerprint density at radius 1 is 1.06 bits per heavy atom. The summed E-state index contributed by atoms with van der Waals surface area (Å²) in [6.45, 7) is 2.59. The van der Waals surface area contributed by atoms with E-state index in [0.29, 0.717) is 47.4 Å². The van der Waals surface area contributed by atoms with Gasteiger partial charge in [-0.3, -0.25) is 4.90 Å². The second-order valence-electron chi connectivity index (χ2n) is 7.01. The lowest BCUT2D eigenvalue weighted by molar-refractivity contribution is -0.147. The van der Waals surface area contributed by atoms with Crippen molar-refractivity contribution in [3.8, 4) is 0 Å². The fraction of sp³-hybridized carbons (Fsp3) is 0.316. The predicted octanol–water partition coefficient (Wildman–Crippen LogP) is 3.54. The number of hydrogen-bond donors (Lipinski definition) is 0. The Morgan fingerprint density at radius 3 is 2.34 bits per heavy atom. The van der Waals surface area contributed by atoms with Crippen molar-refractivity contribution in [1.29, 1.82) is 0 Å². The van der Waals surface area contributed by atoms with Gasteiger partial charge in [0, 0.05) is 43.6 Å². The maximum atomic E-state index is 13.6. The molecule has 1 fully saturated rings. The van der Waals surface area contributed by atoms with Crippen LogP contribution in [0, 0.1) is 4.77 Å². The lowest BCUT2D eigenvalue weighted by atomic mass is 10.2. The summed E-state index contributed by atoms with van der Waals surface area (Å²) in [5.74, 6) is -0.548.